The molecule has 0 amide bonds. The molecule has 2 aliphatic rings. The van der Waals surface area contributed by atoms with Gasteiger partial charge in [0.1, 0.15) is 24.3 Å². The summed E-state index contributed by atoms with van der Waals surface area (Å²) in [4.78, 5) is 21.2. The summed E-state index contributed by atoms with van der Waals surface area (Å²) in [6.45, 7) is 3.49. The van der Waals surface area contributed by atoms with Gasteiger partial charge in [0, 0.05) is 38.6 Å². The van der Waals surface area contributed by atoms with Crippen LogP contribution in [0.15, 0.2) is 78.3 Å². The fraction of sp³-hybridized carbons (Fsp3) is 0.312. The molecular formula is C32H35BrCl2N12O2. The molecule has 0 unspecified atom stereocenters. The van der Waals surface area contributed by atoms with Gasteiger partial charge in [0.2, 0.25) is 0 Å². The van der Waals surface area contributed by atoms with Gasteiger partial charge >= 0.3 is 0 Å². The number of aliphatic hydroxyl groups excluding tert-OH is 2. The number of fused-ring (bicyclic) bond motifs is 2. The number of nitrogens with zero attached hydrogens (tertiary/aromatic N) is 10. The summed E-state index contributed by atoms with van der Waals surface area (Å²) < 4.78 is 4.09. The van der Waals surface area contributed by atoms with Crippen LogP contribution in [0.1, 0.15) is 25.7 Å². The molecule has 2 fully saturated rings. The van der Waals surface area contributed by atoms with Crippen LogP contribution in [0.3, 0.4) is 0 Å². The second-order valence-corrected chi connectivity index (χ2v) is 13.3. The number of aliphatic hydroxyl groups is 2. The van der Waals surface area contributed by atoms with Crippen molar-refractivity contribution in [2.45, 2.75) is 37.9 Å². The lowest BCUT2D eigenvalue weighted by atomic mass is 10.1. The van der Waals surface area contributed by atoms with Crippen LogP contribution in [-0.4, -0.2) is 87.8 Å². The zero-order valence-electron chi connectivity index (χ0n) is 26.3. The highest BCUT2D eigenvalue weighted by molar-refractivity contribution is 9.10. The van der Waals surface area contributed by atoms with Crippen LogP contribution in [0.4, 0.5) is 28.7 Å². The van der Waals surface area contributed by atoms with E-state index in [1.54, 1.807) is 45.8 Å². The van der Waals surface area contributed by atoms with Crippen LogP contribution >= 0.6 is 39.1 Å². The van der Waals surface area contributed by atoms with Crippen LogP contribution in [0.25, 0.3) is 11.3 Å². The molecule has 0 aliphatic carbocycles. The molecule has 49 heavy (non-hydrogen) atoms. The Balaban J connectivity index is 0.000000141. The van der Waals surface area contributed by atoms with E-state index in [2.05, 4.69) is 61.2 Å². The third kappa shape index (κ3) is 9.05. The molecule has 2 aliphatic heterocycles. The summed E-state index contributed by atoms with van der Waals surface area (Å²) in [5.74, 6) is 1.26. The minimum Gasteiger partial charge on any atom is -0.393 e. The molecule has 256 valence electrons. The van der Waals surface area contributed by atoms with Gasteiger partial charge in [0.25, 0.3) is 0 Å². The normalized spacial score (nSPS) is 15.4. The lowest BCUT2D eigenvalue weighted by Gasteiger charge is -2.31. The van der Waals surface area contributed by atoms with Gasteiger partial charge in [-0.05, 0) is 78.0 Å². The van der Waals surface area contributed by atoms with Crippen molar-refractivity contribution in [1.82, 2.24) is 39.2 Å². The maximum absolute atomic E-state index is 9.60. The van der Waals surface area contributed by atoms with Crippen LogP contribution in [0.5, 0.6) is 0 Å². The number of piperidine rings is 2. The number of nitrogens with two attached hydrogens (primary N) is 1. The Morgan fingerprint density at radius 1 is 0.714 bits per heavy atom. The number of nitrogens with one attached hydrogen (secondary N) is 1. The number of hydrogen-bond donors (Lipinski definition) is 4. The Bertz CT molecular complexity index is 1960. The van der Waals surface area contributed by atoms with E-state index in [4.69, 9.17) is 28.9 Å². The van der Waals surface area contributed by atoms with E-state index in [0.717, 1.165) is 79.0 Å². The van der Waals surface area contributed by atoms with Crippen LogP contribution in [0.2, 0.25) is 10.0 Å². The van der Waals surface area contributed by atoms with Gasteiger partial charge in [-0.15, -0.1) is 0 Å². The highest BCUT2D eigenvalue weighted by Gasteiger charge is 2.18. The number of aromatic nitrogens is 8. The lowest BCUT2D eigenvalue weighted by Crippen LogP contribution is -2.35. The first-order valence-corrected chi connectivity index (χ1v) is 17.2. The van der Waals surface area contributed by atoms with E-state index >= 15 is 0 Å². The molecule has 0 aromatic carbocycles. The largest absolute Gasteiger partial charge is 0.393 e. The fourth-order valence-corrected chi connectivity index (χ4v) is 6.52. The Hall–Kier alpha value is -4.28. The van der Waals surface area contributed by atoms with Gasteiger partial charge in [-0.2, -0.15) is 10.2 Å². The molecule has 0 bridgehead atoms. The quantitative estimate of drug-likeness (QED) is 0.184. The zero-order valence-corrected chi connectivity index (χ0v) is 29.4. The zero-order chi connectivity index (χ0) is 34.3. The standard InChI is InChI=1S/C16H17ClN6O.C10H15N3O.C6H3BrClN3/c17-11-7-14(16-19-10-20-23(16)9-11)21-15-2-1-12(8-18-15)22-5-3-13(24)4-6-22;11-10-2-1-8(7-12-10)13-5-3-9(14)4-6-13;7-5-1-4(8)2-11-6(5)9-3-10-11/h1-2,7-10,13,24H,3-6H2,(H,18,21);1-2,7,9,14H,3-6H2,(H2,11,12);1-3H. The van der Waals surface area contributed by atoms with E-state index in [-0.39, 0.29) is 12.2 Å². The molecule has 0 spiro atoms. The summed E-state index contributed by atoms with van der Waals surface area (Å²) in [5, 5.41) is 31.4. The summed E-state index contributed by atoms with van der Waals surface area (Å²) in [7, 11) is 0. The SMILES string of the molecule is Clc1cc(Br)c2ncnn2c1.Nc1ccc(N2CCC(O)CC2)cn1.OC1CCN(c2ccc(Nc3cc(Cl)cn4ncnc34)nc2)CC1. The summed E-state index contributed by atoms with van der Waals surface area (Å²) in [6.07, 6.45) is 13.0. The number of halogens is 3. The minimum atomic E-state index is -0.177. The van der Waals surface area contributed by atoms with Gasteiger partial charge in [-0.3, -0.25) is 0 Å². The monoisotopic (exact) mass is 768 g/mol. The first-order valence-electron chi connectivity index (χ1n) is 15.7. The highest BCUT2D eigenvalue weighted by Crippen LogP contribution is 2.26. The average Bonchev–Trinajstić information content (AvgIpc) is 3.77. The molecule has 14 nitrogen and oxygen atoms in total. The van der Waals surface area contributed by atoms with Crippen molar-refractivity contribution in [2.75, 3.05) is 47.0 Å². The van der Waals surface area contributed by atoms with Crippen molar-refractivity contribution in [1.29, 1.82) is 0 Å². The van der Waals surface area contributed by atoms with Crippen molar-refractivity contribution in [3.63, 3.8) is 0 Å². The summed E-state index contributed by atoms with van der Waals surface area (Å²) in [6, 6.07) is 11.3. The van der Waals surface area contributed by atoms with Crippen LogP contribution in [-0.2, 0) is 0 Å². The van der Waals surface area contributed by atoms with Gasteiger partial charge in [-0.1, -0.05) is 23.2 Å². The lowest BCUT2D eigenvalue weighted by molar-refractivity contribution is 0.145. The molecule has 17 heteroatoms. The maximum atomic E-state index is 9.60. The third-order valence-electron chi connectivity index (χ3n) is 8.08. The Morgan fingerprint density at radius 3 is 1.80 bits per heavy atom. The van der Waals surface area contributed by atoms with Gasteiger partial charge in [0.05, 0.1) is 56.2 Å². The van der Waals surface area contributed by atoms with E-state index in [1.807, 2.05) is 24.4 Å². The summed E-state index contributed by atoms with van der Waals surface area (Å²) in [5.41, 5.74) is 9.87. The third-order valence-corrected chi connectivity index (χ3v) is 9.08. The number of hydrogen-bond acceptors (Lipinski definition) is 12. The van der Waals surface area contributed by atoms with E-state index in [0.29, 0.717) is 27.3 Å². The Morgan fingerprint density at radius 2 is 1.24 bits per heavy atom. The summed E-state index contributed by atoms with van der Waals surface area (Å²) >= 11 is 15.2. The second kappa shape index (κ2) is 16.0. The van der Waals surface area contributed by atoms with Crippen molar-refractivity contribution < 1.29 is 10.2 Å². The number of nitrogen functional groups attached to an aromatic ring is 1. The first kappa shape index (κ1) is 34.6. The van der Waals surface area contributed by atoms with E-state index < -0.39 is 0 Å². The van der Waals surface area contributed by atoms with Crippen LogP contribution in [0, 0.1) is 0 Å². The van der Waals surface area contributed by atoms with E-state index in [9.17, 15) is 10.2 Å². The fourth-order valence-electron chi connectivity index (χ4n) is 5.46. The molecule has 2 saturated heterocycles. The second-order valence-electron chi connectivity index (χ2n) is 11.5. The number of anilines is 5. The first-order chi connectivity index (χ1) is 23.7. The molecular weight excluding hydrogens is 735 g/mol. The number of pyridine rings is 4. The predicted octanol–water partition coefficient (Wildman–Crippen LogP) is 5.25. The van der Waals surface area contributed by atoms with Gasteiger partial charge in [-0.25, -0.2) is 29.0 Å². The van der Waals surface area contributed by atoms with Crippen molar-refractivity contribution in [3.8, 4) is 0 Å². The predicted molar refractivity (Wildman–Crippen MR) is 195 cm³/mol. The molecule has 5 N–H and O–H groups in total. The molecule has 8 rings (SSSR count). The molecule has 8 heterocycles. The Kier molecular flexibility index (Phi) is 11.3. The molecule has 0 radical (unpaired) electrons. The number of rotatable bonds is 4. The maximum Gasteiger partial charge on any atom is 0.178 e. The van der Waals surface area contributed by atoms with Crippen molar-refractivity contribution >= 4 is 79.1 Å². The molecule has 0 saturated carbocycles. The topological polar surface area (TPSA) is 171 Å². The van der Waals surface area contributed by atoms with Crippen LogP contribution < -0.4 is 20.9 Å². The molecule has 6 aromatic heterocycles. The Labute approximate surface area is 300 Å². The van der Waals surface area contributed by atoms with Crippen molar-refractivity contribution in [3.05, 3.63) is 88.4 Å². The van der Waals surface area contributed by atoms with Gasteiger partial charge < -0.3 is 31.1 Å². The van der Waals surface area contributed by atoms with E-state index in [1.165, 1.54) is 12.7 Å². The van der Waals surface area contributed by atoms with Gasteiger partial charge in [0.15, 0.2) is 11.3 Å². The van der Waals surface area contributed by atoms with Crippen molar-refractivity contribution in [2.24, 2.45) is 0 Å². The molecule has 6 aromatic rings. The average molecular weight is 771 g/mol. The smallest absolute Gasteiger partial charge is 0.178 e. The highest BCUT2D eigenvalue weighted by atomic mass is 79.9. The molecule has 0 atom stereocenters. The minimum absolute atomic E-state index is 0.131.